The molecule has 8 nitrogen and oxygen atoms in total. The second kappa shape index (κ2) is 8.06. The molecule has 2 heterocycles. The fourth-order valence-electron chi connectivity index (χ4n) is 4.04. The standard InChI is InChI=1S/C22H23N3O5/c1-27-16-11-15-17(20(29-3)19(16)28-2)23-12-24-21(15)25-10-9-13-7-5-6-8-14(13)18(25)22(26)30-4/h5-8,11-12,18H,9-10H2,1-4H3. The van der Waals surface area contributed by atoms with Gasteiger partial charge in [-0.3, -0.25) is 0 Å². The van der Waals surface area contributed by atoms with Crippen LogP contribution in [0.2, 0.25) is 0 Å². The molecule has 3 aromatic rings. The van der Waals surface area contributed by atoms with Gasteiger partial charge in [-0.25, -0.2) is 14.8 Å². The highest BCUT2D eigenvalue weighted by atomic mass is 16.5. The lowest BCUT2D eigenvalue weighted by atomic mass is 9.92. The summed E-state index contributed by atoms with van der Waals surface area (Å²) in [6.07, 6.45) is 2.24. The number of fused-ring (bicyclic) bond motifs is 2. The van der Waals surface area contributed by atoms with Gasteiger partial charge in [-0.05, 0) is 23.6 Å². The molecule has 30 heavy (non-hydrogen) atoms. The van der Waals surface area contributed by atoms with Crippen LogP contribution in [0.4, 0.5) is 5.82 Å². The first-order valence-corrected chi connectivity index (χ1v) is 9.50. The van der Waals surface area contributed by atoms with Crippen molar-refractivity contribution in [2.45, 2.75) is 12.5 Å². The summed E-state index contributed by atoms with van der Waals surface area (Å²) in [6, 6.07) is 9.09. The van der Waals surface area contributed by atoms with Crippen molar-refractivity contribution >= 4 is 22.7 Å². The molecule has 0 bridgehead atoms. The first-order chi connectivity index (χ1) is 14.6. The number of nitrogens with zero attached hydrogens (tertiary/aromatic N) is 3. The van der Waals surface area contributed by atoms with E-state index in [2.05, 4.69) is 9.97 Å². The molecular weight excluding hydrogens is 386 g/mol. The zero-order valence-electron chi connectivity index (χ0n) is 17.3. The quantitative estimate of drug-likeness (QED) is 0.595. The Bertz CT molecular complexity index is 1100. The van der Waals surface area contributed by atoms with E-state index in [4.69, 9.17) is 18.9 Å². The van der Waals surface area contributed by atoms with E-state index in [1.165, 1.54) is 13.4 Å². The van der Waals surface area contributed by atoms with Gasteiger partial charge in [0.15, 0.2) is 17.5 Å². The topological polar surface area (TPSA) is 83.0 Å². The van der Waals surface area contributed by atoms with E-state index in [-0.39, 0.29) is 5.97 Å². The minimum Gasteiger partial charge on any atom is -0.493 e. The molecule has 1 unspecified atom stereocenters. The molecular formula is C22H23N3O5. The summed E-state index contributed by atoms with van der Waals surface area (Å²) in [5.74, 6) is 1.64. The van der Waals surface area contributed by atoms with Crippen LogP contribution in [0.25, 0.3) is 10.9 Å². The highest BCUT2D eigenvalue weighted by molar-refractivity contribution is 5.98. The molecule has 2 aromatic carbocycles. The SMILES string of the molecule is COC(=O)C1c2ccccc2CCN1c1ncnc2c(OC)c(OC)c(OC)cc12. The molecule has 1 aliphatic rings. The van der Waals surface area contributed by atoms with E-state index in [0.29, 0.717) is 40.5 Å². The average Bonchev–Trinajstić information content (AvgIpc) is 2.80. The smallest absolute Gasteiger partial charge is 0.333 e. The van der Waals surface area contributed by atoms with Crippen LogP contribution in [0.1, 0.15) is 17.2 Å². The van der Waals surface area contributed by atoms with E-state index < -0.39 is 6.04 Å². The van der Waals surface area contributed by atoms with Crippen molar-refractivity contribution in [1.82, 2.24) is 9.97 Å². The molecule has 1 atom stereocenters. The number of carbonyl (C=O) groups excluding carboxylic acids is 1. The van der Waals surface area contributed by atoms with Crippen molar-refractivity contribution in [3.8, 4) is 17.2 Å². The number of benzene rings is 2. The Morgan fingerprint density at radius 1 is 1.03 bits per heavy atom. The zero-order valence-corrected chi connectivity index (χ0v) is 17.3. The van der Waals surface area contributed by atoms with Gasteiger partial charge < -0.3 is 23.8 Å². The third kappa shape index (κ3) is 3.04. The van der Waals surface area contributed by atoms with Crippen LogP contribution in [0.15, 0.2) is 36.7 Å². The average molecular weight is 409 g/mol. The lowest BCUT2D eigenvalue weighted by Crippen LogP contribution is -2.41. The second-order valence-corrected chi connectivity index (χ2v) is 6.81. The van der Waals surface area contributed by atoms with Gasteiger partial charge in [0, 0.05) is 6.54 Å². The Morgan fingerprint density at radius 3 is 2.50 bits per heavy atom. The maximum absolute atomic E-state index is 12.8. The molecule has 8 heteroatoms. The molecule has 1 aromatic heterocycles. The maximum Gasteiger partial charge on any atom is 0.333 e. The number of anilines is 1. The fraction of sp³-hybridized carbons (Fsp3) is 0.318. The zero-order chi connectivity index (χ0) is 21.3. The highest BCUT2D eigenvalue weighted by Gasteiger charge is 2.36. The predicted molar refractivity (Wildman–Crippen MR) is 111 cm³/mol. The minimum absolute atomic E-state index is 0.346. The summed E-state index contributed by atoms with van der Waals surface area (Å²) in [5, 5.41) is 0.695. The van der Waals surface area contributed by atoms with Crippen LogP contribution < -0.4 is 19.1 Å². The minimum atomic E-state index is -0.614. The van der Waals surface area contributed by atoms with Gasteiger partial charge in [0.05, 0.1) is 33.8 Å². The molecule has 0 fully saturated rings. The molecule has 0 saturated heterocycles. The van der Waals surface area contributed by atoms with Gasteiger partial charge in [0.2, 0.25) is 5.75 Å². The summed E-state index contributed by atoms with van der Waals surface area (Å²) in [6.45, 7) is 0.597. The highest BCUT2D eigenvalue weighted by Crippen LogP contribution is 2.45. The van der Waals surface area contributed by atoms with E-state index in [1.54, 1.807) is 27.4 Å². The molecule has 0 N–H and O–H groups in total. The Morgan fingerprint density at radius 2 is 1.80 bits per heavy atom. The summed E-state index contributed by atoms with van der Waals surface area (Å²) >= 11 is 0. The molecule has 0 saturated carbocycles. The number of methoxy groups -OCH3 is 4. The van der Waals surface area contributed by atoms with E-state index >= 15 is 0 Å². The summed E-state index contributed by atoms with van der Waals surface area (Å²) in [4.78, 5) is 23.7. The summed E-state index contributed by atoms with van der Waals surface area (Å²) < 4.78 is 21.7. The number of aromatic nitrogens is 2. The fourth-order valence-corrected chi connectivity index (χ4v) is 4.04. The first kappa shape index (κ1) is 19.8. The van der Waals surface area contributed by atoms with Crippen LogP contribution in [-0.4, -0.2) is 50.9 Å². The lowest BCUT2D eigenvalue weighted by Gasteiger charge is -2.36. The number of hydrogen-bond acceptors (Lipinski definition) is 8. The molecule has 0 amide bonds. The lowest BCUT2D eigenvalue weighted by molar-refractivity contribution is -0.142. The predicted octanol–water partition coefficient (Wildman–Crippen LogP) is 2.93. The monoisotopic (exact) mass is 409 g/mol. The Balaban J connectivity index is 1.95. The van der Waals surface area contributed by atoms with Crippen molar-refractivity contribution in [3.05, 3.63) is 47.8 Å². The maximum atomic E-state index is 12.8. The Labute approximate surface area is 174 Å². The van der Waals surface area contributed by atoms with Gasteiger partial charge in [-0.15, -0.1) is 0 Å². The van der Waals surface area contributed by atoms with Crippen LogP contribution in [0, 0.1) is 0 Å². The third-order valence-corrected chi connectivity index (χ3v) is 5.39. The molecule has 0 spiro atoms. The molecule has 0 radical (unpaired) electrons. The van der Waals surface area contributed by atoms with Crippen molar-refractivity contribution < 1.29 is 23.7 Å². The first-order valence-electron chi connectivity index (χ1n) is 9.50. The van der Waals surface area contributed by atoms with Gasteiger partial charge in [-0.1, -0.05) is 24.3 Å². The van der Waals surface area contributed by atoms with Crippen LogP contribution in [0.3, 0.4) is 0 Å². The van der Waals surface area contributed by atoms with Gasteiger partial charge in [0.1, 0.15) is 17.7 Å². The van der Waals surface area contributed by atoms with E-state index in [0.717, 1.165) is 17.5 Å². The van der Waals surface area contributed by atoms with E-state index in [9.17, 15) is 4.79 Å². The van der Waals surface area contributed by atoms with Gasteiger partial charge in [0.25, 0.3) is 0 Å². The van der Waals surface area contributed by atoms with Gasteiger partial charge in [-0.2, -0.15) is 0 Å². The summed E-state index contributed by atoms with van der Waals surface area (Å²) in [7, 11) is 6.05. The molecule has 156 valence electrons. The third-order valence-electron chi connectivity index (χ3n) is 5.39. The van der Waals surface area contributed by atoms with Crippen molar-refractivity contribution in [2.75, 3.05) is 39.9 Å². The van der Waals surface area contributed by atoms with Crippen molar-refractivity contribution in [3.63, 3.8) is 0 Å². The van der Waals surface area contributed by atoms with Crippen molar-refractivity contribution in [1.29, 1.82) is 0 Å². The summed E-state index contributed by atoms with van der Waals surface area (Å²) in [5.41, 5.74) is 2.61. The van der Waals surface area contributed by atoms with Crippen LogP contribution in [-0.2, 0) is 16.0 Å². The van der Waals surface area contributed by atoms with Crippen LogP contribution >= 0.6 is 0 Å². The number of rotatable bonds is 5. The Hall–Kier alpha value is -3.55. The number of hydrogen-bond donors (Lipinski definition) is 0. The molecule has 0 aliphatic carbocycles. The van der Waals surface area contributed by atoms with Crippen molar-refractivity contribution in [2.24, 2.45) is 0 Å². The normalized spacial score (nSPS) is 15.5. The number of carbonyl (C=O) groups is 1. The van der Waals surface area contributed by atoms with Gasteiger partial charge >= 0.3 is 5.97 Å². The number of ether oxygens (including phenoxy) is 4. The Kier molecular flexibility index (Phi) is 5.31. The van der Waals surface area contributed by atoms with Crippen LogP contribution in [0.5, 0.6) is 17.2 Å². The van der Waals surface area contributed by atoms with E-state index in [1.807, 2.05) is 29.2 Å². The number of esters is 1. The molecule has 1 aliphatic heterocycles. The largest absolute Gasteiger partial charge is 0.493 e. The second-order valence-electron chi connectivity index (χ2n) is 6.81. The molecule has 4 rings (SSSR count).